The Bertz CT molecular complexity index is 343. The number of nitrogens with zero attached hydrogens (tertiary/aromatic N) is 1. The predicted molar refractivity (Wildman–Crippen MR) is 77.6 cm³/mol. The van der Waals surface area contributed by atoms with Crippen LogP contribution < -0.4 is 0 Å². The van der Waals surface area contributed by atoms with Gasteiger partial charge in [0.1, 0.15) is 9.84 Å². The summed E-state index contributed by atoms with van der Waals surface area (Å²) in [5, 5.41) is 0. The van der Waals surface area contributed by atoms with Gasteiger partial charge in [0.2, 0.25) is 0 Å². The van der Waals surface area contributed by atoms with Crippen molar-refractivity contribution in [2.45, 2.75) is 46.5 Å². The Morgan fingerprint density at radius 2 is 1.83 bits per heavy atom. The van der Waals surface area contributed by atoms with Crippen molar-refractivity contribution in [2.75, 3.05) is 31.6 Å². The second-order valence-corrected chi connectivity index (χ2v) is 9.08. The molecular weight excluding hydrogens is 246 g/mol. The van der Waals surface area contributed by atoms with Crippen molar-refractivity contribution in [3.63, 3.8) is 0 Å². The van der Waals surface area contributed by atoms with E-state index in [4.69, 9.17) is 0 Å². The van der Waals surface area contributed by atoms with Gasteiger partial charge in [-0.15, -0.1) is 0 Å². The molecule has 0 unspecified atom stereocenters. The van der Waals surface area contributed by atoms with Crippen LogP contribution in [0.1, 0.15) is 46.5 Å². The maximum Gasteiger partial charge on any atom is 0.147 e. The predicted octanol–water partition coefficient (Wildman–Crippen LogP) is 2.57. The van der Waals surface area contributed by atoms with E-state index in [0.717, 1.165) is 32.0 Å². The summed E-state index contributed by atoms with van der Waals surface area (Å²) in [4.78, 5) is 2.44. The molecule has 0 aromatic rings. The highest BCUT2D eigenvalue weighted by Crippen LogP contribution is 2.34. The smallest absolute Gasteiger partial charge is 0.147 e. The molecule has 1 saturated heterocycles. The lowest BCUT2D eigenvalue weighted by atomic mass is 9.77. The fourth-order valence-corrected chi connectivity index (χ4v) is 3.45. The van der Waals surface area contributed by atoms with E-state index in [2.05, 4.69) is 25.7 Å². The van der Waals surface area contributed by atoms with E-state index >= 15 is 0 Å². The van der Waals surface area contributed by atoms with Gasteiger partial charge in [-0.05, 0) is 56.7 Å². The van der Waals surface area contributed by atoms with Crippen LogP contribution >= 0.6 is 0 Å². The van der Waals surface area contributed by atoms with Crippen molar-refractivity contribution in [3.8, 4) is 0 Å². The Labute approximate surface area is 113 Å². The molecule has 0 amide bonds. The third kappa shape index (κ3) is 6.19. The number of rotatable bonds is 4. The maximum absolute atomic E-state index is 11.1. The maximum atomic E-state index is 11.1. The molecule has 0 aromatic carbocycles. The van der Waals surface area contributed by atoms with Gasteiger partial charge in [0.05, 0.1) is 5.75 Å². The molecule has 1 fully saturated rings. The van der Waals surface area contributed by atoms with Crippen LogP contribution in [0.3, 0.4) is 0 Å². The van der Waals surface area contributed by atoms with Gasteiger partial charge in [0.25, 0.3) is 0 Å². The van der Waals surface area contributed by atoms with Gasteiger partial charge in [-0.3, -0.25) is 0 Å². The molecule has 4 heteroatoms. The molecule has 1 rings (SSSR count). The standard InChI is InChI=1S/C14H29NO2S/c1-14(2,3)13-7-5-9-15(11-8-13)10-6-12-18(4,16)17/h13H,5-12H2,1-4H3/t13-/m0/s1. The molecule has 0 aromatic heterocycles. The van der Waals surface area contributed by atoms with Crippen LogP contribution in [0.2, 0.25) is 0 Å². The van der Waals surface area contributed by atoms with E-state index in [9.17, 15) is 8.42 Å². The van der Waals surface area contributed by atoms with Gasteiger partial charge < -0.3 is 4.90 Å². The van der Waals surface area contributed by atoms with Crippen molar-refractivity contribution in [1.29, 1.82) is 0 Å². The Kier molecular flexibility index (Phi) is 5.66. The lowest BCUT2D eigenvalue weighted by molar-refractivity contribution is 0.208. The molecular formula is C14H29NO2S. The van der Waals surface area contributed by atoms with Gasteiger partial charge in [-0.2, -0.15) is 0 Å². The topological polar surface area (TPSA) is 37.4 Å². The van der Waals surface area contributed by atoms with Crippen molar-refractivity contribution in [1.82, 2.24) is 4.90 Å². The quantitative estimate of drug-likeness (QED) is 0.791. The van der Waals surface area contributed by atoms with Crippen LogP contribution in [0, 0.1) is 11.3 Å². The molecule has 108 valence electrons. The minimum absolute atomic E-state index is 0.326. The van der Waals surface area contributed by atoms with Crippen molar-refractivity contribution < 1.29 is 8.42 Å². The molecule has 3 nitrogen and oxygen atoms in total. The zero-order chi connectivity index (χ0) is 13.8. The van der Waals surface area contributed by atoms with E-state index in [1.165, 1.54) is 25.5 Å². The summed E-state index contributed by atoms with van der Waals surface area (Å²) in [7, 11) is -2.79. The molecule has 1 heterocycles. The Morgan fingerprint density at radius 3 is 2.39 bits per heavy atom. The molecule has 1 aliphatic heterocycles. The monoisotopic (exact) mass is 275 g/mol. The minimum atomic E-state index is -2.79. The molecule has 0 spiro atoms. The zero-order valence-corrected chi connectivity index (χ0v) is 13.2. The first-order chi connectivity index (χ1) is 8.18. The summed E-state index contributed by atoms with van der Waals surface area (Å²) in [6.45, 7) is 10.2. The summed E-state index contributed by atoms with van der Waals surface area (Å²) < 4.78 is 22.2. The first-order valence-electron chi connectivity index (χ1n) is 7.08. The van der Waals surface area contributed by atoms with Crippen LogP contribution in [-0.2, 0) is 9.84 Å². The van der Waals surface area contributed by atoms with E-state index in [0.29, 0.717) is 11.2 Å². The van der Waals surface area contributed by atoms with E-state index < -0.39 is 9.84 Å². The molecule has 1 aliphatic rings. The van der Waals surface area contributed by atoms with E-state index in [-0.39, 0.29) is 0 Å². The van der Waals surface area contributed by atoms with Crippen molar-refractivity contribution in [3.05, 3.63) is 0 Å². The largest absolute Gasteiger partial charge is 0.303 e. The Morgan fingerprint density at radius 1 is 1.17 bits per heavy atom. The highest BCUT2D eigenvalue weighted by Gasteiger charge is 2.26. The Balaban J connectivity index is 2.34. The molecule has 18 heavy (non-hydrogen) atoms. The molecule has 0 saturated carbocycles. The number of sulfone groups is 1. The fraction of sp³-hybridized carbons (Fsp3) is 1.00. The molecule has 0 radical (unpaired) electrons. The number of hydrogen-bond donors (Lipinski definition) is 0. The minimum Gasteiger partial charge on any atom is -0.303 e. The van der Waals surface area contributed by atoms with Gasteiger partial charge in [0.15, 0.2) is 0 Å². The first kappa shape index (κ1) is 16.0. The molecule has 0 aliphatic carbocycles. The summed E-state index contributed by atoms with van der Waals surface area (Å²) in [6.07, 6.45) is 5.92. The number of likely N-dealkylation sites (tertiary alicyclic amines) is 1. The van der Waals surface area contributed by atoms with Crippen LogP contribution in [0.25, 0.3) is 0 Å². The van der Waals surface area contributed by atoms with Crippen LogP contribution in [0.4, 0.5) is 0 Å². The highest BCUT2D eigenvalue weighted by molar-refractivity contribution is 7.90. The second-order valence-electron chi connectivity index (χ2n) is 6.82. The molecule has 1 atom stereocenters. The van der Waals surface area contributed by atoms with Crippen LogP contribution in [-0.4, -0.2) is 45.0 Å². The summed E-state index contributed by atoms with van der Waals surface area (Å²) >= 11 is 0. The average Bonchev–Trinajstić information content (AvgIpc) is 2.40. The molecule has 0 bridgehead atoms. The normalized spacial score (nSPS) is 23.9. The van der Waals surface area contributed by atoms with Gasteiger partial charge in [-0.25, -0.2) is 8.42 Å². The second kappa shape index (κ2) is 6.38. The average molecular weight is 275 g/mol. The number of hydrogen-bond acceptors (Lipinski definition) is 3. The summed E-state index contributed by atoms with van der Waals surface area (Å²) in [6, 6.07) is 0. The van der Waals surface area contributed by atoms with E-state index in [1.807, 2.05) is 0 Å². The summed E-state index contributed by atoms with van der Waals surface area (Å²) in [5.41, 5.74) is 0.406. The highest BCUT2D eigenvalue weighted by atomic mass is 32.2. The Hall–Kier alpha value is -0.0900. The lowest BCUT2D eigenvalue weighted by Crippen LogP contribution is -2.28. The fourth-order valence-electron chi connectivity index (χ4n) is 2.80. The third-order valence-electron chi connectivity index (χ3n) is 4.03. The van der Waals surface area contributed by atoms with Crippen LogP contribution in [0.15, 0.2) is 0 Å². The van der Waals surface area contributed by atoms with Gasteiger partial charge in [-0.1, -0.05) is 20.8 Å². The lowest BCUT2D eigenvalue weighted by Gasteiger charge is -2.29. The van der Waals surface area contributed by atoms with Crippen LogP contribution in [0.5, 0.6) is 0 Å². The SMILES string of the molecule is CC(C)(C)[C@H]1CCCN(CCCS(C)(=O)=O)CC1. The van der Waals surface area contributed by atoms with Gasteiger partial charge >= 0.3 is 0 Å². The molecule has 0 N–H and O–H groups in total. The van der Waals surface area contributed by atoms with Crippen molar-refractivity contribution >= 4 is 9.84 Å². The summed E-state index contributed by atoms with van der Waals surface area (Å²) in [5.74, 6) is 1.13. The van der Waals surface area contributed by atoms with Gasteiger partial charge in [0, 0.05) is 6.26 Å². The first-order valence-corrected chi connectivity index (χ1v) is 9.14. The third-order valence-corrected chi connectivity index (χ3v) is 5.07. The van der Waals surface area contributed by atoms with Crippen molar-refractivity contribution in [2.24, 2.45) is 11.3 Å². The van der Waals surface area contributed by atoms with E-state index in [1.54, 1.807) is 0 Å². The zero-order valence-electron chi connectivity index (χ0n) is 12.4.